The van der Waals surface area contributed by atoms with E-state index in [2.05, 4.69) is 10.3 Å². The first-order valence-corrected chi connectivity index (χ1v) is 6.73. The normalized spacial score (nSPS) is 10.2. The summed E-state index contributed by atoms with van der Waals surface area (Å²) in [7, 11) is 3.77. The minimum atomic E-state index is -0.247. The lowest BCUT2D eigenvalue weighted by molar-refractivity contribution is 0.0953. The molecule has 110 valence electrons. The molecule has 0 aliphatic heterocycles. The standard InChI is InChI=1S/C16H18FN3O/c1-20(2)15-8-7-13(11-19-15)16(21)18-10-9-12-5-3-4-6-14(12)17/h3-8,11H,9-10H2,1-2H3,(H,18,21). The summed E-state index contributed by atoms with van der Waals surface area (Å²) in [5, 5.41) is 2.76. The Morgan fingerprint density at radius 2 is 2.00 bits per heavy atom. The van der Waals surface area contributed by atoms with Crippen LogP contribution < -0.4 is 10.2 Å². The molecule has 0 aliphatic rings. The van der Waals surface area contributed by atoms with E-state index in [9.17, 15) is 9.18 Å². The average Bonchev–Trinajstić information content (AvgIpc) is 2.49. The summed E-state index contributed by atoms with van der Waals surface area (Å²) >= 11 is 0. The van der Waals surface area contributed by atoms with Gasteiger partial charge in [0.2, 0.25) is 0 Å². The number of pyridine rings is 1. The third-order valence-corrected chi connectivity index (χ3v) is 3.11. The second kappa shape index (κ2) is 6.83. The molecule has 2 aromatic rings. The van der Waals surface area contributed by atoms with Crippen LogP contribution >= 0.6 is 0 Å². The minimum Gasteiger partial charge on any atom is -0.363 e. The van der Waals surface area contributed by atoms with Crippen molar-refractivity contribution in [1.29, 1.82) is 0 Å². The number of aromatic nitrogens is 1. The fraction of sp³-hybridized carbons (Fsp3) is 0.250. The third-order valence-electron chi connectivity index (χ3n) is 3.11. The fourth-order valence-electron chi connectivity index (χ4n) is 1.90. The van der Waals surface area contributed by atoms with E-state index in [0.717, 1.165) is 5.82 Å². The molecule has 5 heteroatoms. The van der Waals surface area contributed by atoms with Gasteiger partial charge in [0.1, 0.15) is 11.6 Å². The number of carbonyl (C=O) groups is 1. The summed E-state index contributed by atoms with van der Waals surface area (Å²) in [5.41, 5.74) is 1.09. The van der Waals surface area contributed by atoms with Crippen LogP contribution in [0.4, 0.5) is 10.2 Å². The number of carbonyl (C=O) groups excluding carboxylic acids is 1. The van der Waals surface area contributed by atoms with Crippen molar-refractivity contribution in [2.45, 2.75) is 6.42 Å². The van der Waals surface area contributed by atoms with Gasteiger partial charge in [-0.2, -0.15) is 0 Å². The molecule has 0 aliphatic carbocycles. The van der Waals surface area contributed by atoms with Crippen LogP contribution in [-0.2, 0) is 6.42 Å². The highest BCUT2D eigenvalue weighted by atomic mass is 19.1. The number of hydrogen-bond acceptors (Lipinski definition) is 3. The van der Waals surface area contributed by atoms with Gasteiger partial charge in [-0.1, -0.05) is 18.2 Å². The topological polar surface area (TPSA) is 45.2 Å². The summed E-state index contributed by atoms with van der Waals surface area (Å²) in [6.07, 6.45) is 2.00. The van der Waals surface area contributed by atoms with Gasteiger partial charge in [-0.3, -0.25) is 4.79 Å². The molecular formula is C16H18FN3O. The predicted molar refractivity (Wildman–Crippen MR) is 81.0 cm³/mol. The maximum atomic E-state index is 13.4. The largest absolute Gasteiger partial charge is 0.363 e. The molecule has 0 unspecified atom stereocenters. The lowest BCUT2D eigenvalue weighted by Crippen LogP contribution is -2.26. The third kappa shape index (κ3) is 4.02. The number of halogens is 1. The Balaban J connectivity index is 1.88. The number of nitrogens with zero attached hydrogens (tertiary/aromatic N) is 2. The average molecular weight is 287 g/mol. The van der Waals surface area contributed by atoms with Gasteiger partial charge in [0.15, 0.2) is 0 Å². The van der Waals surface area contributed by atoms with Gasteiger partial charge in [-0.15, -0.1) is 0 Å². The SMILES string of the molecule is CN(C)c1ccc(C(=O)NCCc2ccccc2F)cn1. The molecule has 1 aromatic carbocycles. The van der Waals surface area contributed by atoms with Gasteiger partial charge in [0.05, 0.1) is 5.56 Å². The fourth-order valence-corrected chi connectivity index (χ4v) is 1.90. The van der Waals surface area contributed by atoms with Crippen LogP contribution in [0.15, 0.2) is 42.6 Å². The molecule has 0 saturated heterocycles. The Morgan fingerprint density at radius 1 is 1.24 bits per heavy atom. The Labute approximate surface area is 123 Å². The van der Waals surface area contributed by atoms with Crippen LogP contribution in [0.5, 0.6) is 0 Å². The second-order valence-corrected chi connectivity index (χ2v) is 4.90. The highest BCUT2D eigenvalue weighted by Crippen LogP contribution is 2.08. The summed E-state index contributed by atoms with van der Waals surface area (Å²) in [6, 6.07) is 10.1. The molecule has 21 heavy (non-hydrogen) atoms. The van der Waals surface area contributed by atoms with Crippen LogP contribution in [0.25, 0.3) is 0 Å². The van der Waals surface area contributed by atoms with E-state index >= 15 is 0 Å². The quantitative estimate of drug-likeness (QED) is 0.917. The molecule has 0 radical (unpaired) electrons. The highest BCUT2D eigenvalue weighted by Gasteiger charge is 2.07. The van der Waals surface area contributed by atoms with Gasteiger partial charge in [-0.25, -0.2) is 9.37 Å². The van der Waals surface area contributed by atoms with Crippen molar-refractivity contribution < 1.29 is 9.18 Å². The summed E-state index contributed by atoms with van der Waals surface area (Å²) < 4.78 is 13.4. The van der Waals surface area contributed by atoms with E-state index in [1.165, 1.54) is 12.3 Å². The monoisotopic (exact) mass is 287 g/mol. The van der Waals surface area contributed by atoms with E-state index in [1.54, 1.807) is 30.3 Å². The molecule has 0 atom stereocenters. The lowest BCUT2D eigenvalue weighted by atomic mass is 10.1. The summed E-state index contributed by atoms with van der Waals surface area (Å²) in [4.78, 5) is 18.0. The van der Waals surface area contributed by atoms with Gasteiger partial charge >= 0.3 is 0 Å². The van der Waals surface area contributed by atoms with Crippen LogP contribution in [0, 0.1) is 5.82 Å². The molecule has 2 rings (SSSR count). The van der Waals surface area contributed by atoms with Gasteiger partial charge in [0, 0.05) is 26.8 Å². The maximum absolute atomic E-state index is 13.4. The van der Waals surface area contributed by atoms with E-state index in [1.807, 2.05) is 19.0 Å². The molecule has 1 N–H and O–H groups in total. The molecule has 0 bridgehead atoms. The number of rotatable bonds is 5. The first-order chi connectivity index (χ1) is 10.1. The molecule has 1 heterocycles. The first-order valence-electron chi connectivity index (χ1n) is 6.73. The zero-order chi connectivity index (χ0) is 15.2. The lowest BCUT2D eigenvalue weighted by Gasteiger charge is -2.11. The van der Waals surface area contributed by atoms with Crippen LogP contribution in [0.3, 0.4) is 0 Å². The molecule has 0 spiro atoms. The zero-order valence-electron chi connectivity index (χ0n) is 12.1. The number of anilines is 1. The molecule has 1 amide bonds. The van der Waals surface area contributed by atoms with Crippen molar-refractivity contribution in [3.63, 3.8) is 0 Å². The number of hydrogen-bond donors (Lipinski definition) is 1. The van der Waals surface area contributed by atoms with Gasteiger partial charge in [-0.05, 0) is 30.2 Å². The number of nitrogens with one attached hydrogen (secondary N) is 1. The minimum absolute atomic E-state index is 0.204. The molecule has 1 aromatic heterocycles. The molecular weight excluding hydrogens is 269 g/mol. The zero-order valence-corrected chi connectivity index (χ0v) is 12.1. The smallest absolute Gasteiger partial charge is 0.252 e. The Kier molecular flexibility index (Phi) is 4.87. The van der Waals surface area contributed by atoms with E-state index in [-0.39, 0.29) is 11.7 Å². The van der Waals surface area contributed by atoms with Crippen LogP contribution in [-0.4, -0.2) is 31.5 Å². The number of benzene rings is 1. The van der Waals surface area contributed by atoms with Crippen molar-refractivity contribution >= 4 is 11.7 Å². The Bertz CT molecular complexity index is 611. The van der Waals surface area contributed by atoms with Crippen molar-refractivity contribution in [3.05, 3.63) is 59.5 Å². The number of amides is 1. The molecule has 0 fully saturated rings. The van der Waals surface area contributed by atoms with Crippen LogP contribution in [0.1, 0.15) is 15.9 Å². The van der Waals surface area contributed by atoms with Crippen molar-refractivity contribution in [1.82, 2.24) is 10.3 Å². The van der Waals surface area contributed by atoms with Gasteiger partial charge < -0.3 is 10.2 Å². The van der Waals surface area contributed by atoms with E-state index in [0.29, 0.717) is 24.1 Å². The summed E-state index contributed by atoms with van der Waals surface area (Å²) in [6.45, 7) is 0.384. The van der Waals surface area contributed by atoms with E-state index in [4.69, 9.17) is 0 Å². The highest BCUT2D eigenvalue weighted by molar-refractivity contribution is 5.94. The van der Waals surface area contributed by atoms with Crippen molar-refractivity contribution in [3.8, 4) is 0 Å². The maximum Gasteiger partial charge on any atom is 0.252 e. The first kappa shape index (κ1) is 15.0. The van der Waals surface area contributed by atoms with Crippen molar-refractivity contribution in [2.24, 2.45) is 0 Å². The Hall–Kier alpha value is -2.43. The van der Waals surface area contributed by atoms with E-state index < -0.39 is 0 Å². The Morgan fingerprint density at radius 3 is 2.62 bits per heavy atom. The predicted octanol–water partition coefficient (Wildman–Crippen LogP) is 2.26. The molecule has 0 saturated carbocycles. The van der Waals surface area contributed by atoms with Gasteiger partial charge in [0.25, 0.3) is 5.91 Å². The summed E-state index contributed by atoms with van der Waals surface area (Å²) in [5.74, 6) is 0.339. The second-order valence-electron chi connectivity index (χ2n) is 4.90. The van der Waals surface area contributed by atoms with Crippen LogP contribution in [0.2, 0.25) is 0 Å². The van der Waals surface area contributed by atoms with Crippen molar-refractivity contribution in [2.75, 3.05) is 25.5 Å². The molecule has 4 nitrogen and oxygen atoms in total.